The molecule has 110 valence electrons. The predicted molar refractivity (Wildman–Crippen MR) is 85.4 cm³/mol. The molecule has 2 aromatic carbocycles. The Hall–Kier alpha value is -2.49. The van der Waals surface area contributed by atoms with Crippen LogP contribution in [-0.4, -0.2) is 19.1 Å². The number of carbonyl (C=O) groups is 1. The van der Waals surface area contributed by atoms with Crippen molar-refractivity contribution in [2.75, 3.05) is 18.2 Å². The number of carbonyl (C=O) groups excluding carboxylic acids is 1. The highest BCUT2D eigenvalue weighted by Crippen LogP contribution is 2.21. The topological polar surface area (TPSA) is 64.3 Å². The van der Waals surface area contributed by atoms with Gasteiger partial charge in [-0.05, 0) is 37.1 Å². The summed E-state index contributed by atoms with van der Waals surface area (Å²) in [5.74, 6) is -0.392. The number of benzene rings is 2. The van der Waals surface area contributed by atoms with Crippen LogP contribution in [0.15, 0.2) is 48.5 Å². The lowest BCUT2D eigenvalue weighted by Gasteiger charge is -2.18. The number of esters is 1. The smallest absolute Gasteiger partial charge is 0.340 e. The molecule has 0 saturated carbocycles. The van der Waals surface area contributed by atoms with Crippen molar-refractivity contribution in [3.05, 3.63) is 59.7 Å². The maximum Gasteiger partial charge on any atom is 0.340 e. The maximum absolute atomic E-state index is 11.8. The first-order chi connectivity index (χ1) is 10.1. The van der Waals surface area contributed by atoms with E-state index in [9.17, 15) is 4.79 Å². The third-order valence-corrected chi connectivity index (χ3v) is 3.24. The van der Waals surface area contributed by atoms with Gasteiger partial charge in [0.1, 0.15) is 0 Å². The number of anilines is 2. The first kappa shape index (κ1) is 14.9. The fourth-order valence-electron chi connectivity index (χ4n) is 2.25. The monoisotopic (exact) mass is 284 g/mol. The molecule has 0 amide bonds. The Morgan fingerprint density at radius 3 is 2.62 bits per heavy atom. The molecule has 4 heteroatoms. The Bertz CT molecular complexity index is 611. The van der Waals surface area contributed by atoms with Crippen LogP contribution in [0.25, 0.3) is 0 Å². The Morgan fingerprint density at radius 1 is 1.24 bits per heavy atom. The molecule has 0 aliphatic carbocycles. The third-order valence-electron chi connectivity index (χ3n) is 3.24. The van der Waals surface area contributed by atoms with Crippen molar-refractivity contribution >= 4 is 17.3 Å². The van der Waals surface area contributed by atoms with Crippen LogP contribution in [0.3, 0.4) is 0 Å². The molecule has 0 bridgehead atoms. The molecule has 21 heavy (non-hydrogen) atoms. The standard InChI is InChI=1S/C17H20N2O2/c1-12(10-13-6-4-3-5-7-13)19-16-9-8-14(18)11-15(16)17(20)21-2/h3-9,11-12,19H,10,18H2,1-2H3. The highest BCUT2D eigenvalue weighted by molar-refractivity contribution is 5.96. The Kier molecular flexibility index (Phi) is 4.82. The number of rotatable bonds is 5. The van der Waals surface area contributed by atoms with Gasteiger partial charge in [-0.15, -0.1) is 0 Å². The minimum absolute atomic E-state index is 0.180. The van der Waals surface area contributed by atoms with Crippen molar-refractivity contribution in [2.45, 2.75) is 19.4 Å². The molecule has 3 N–H and O–H groups in total. The van der Waals surface area contributed by atoms with Gasteiger partial charge in [0.15, 0.2) is 0 Å². The largest absolute Gasteiger partial charge is 0.465 e. The van der Waals surface area contributed by atoms with Gasteiger partial charge in [-0.25, -0.2) is 4.79 Å². The highest BCUT2D eigenvalue weighted by atomic mass is 16.5. The van der Waals surface area contributed by atoms with E-state index in [2.05, 4.69) is 24.4 Å². The minimum atomic E-state index is -0.392. The lowest BCUT2D eigenvalue weighted by Crippen LogP contribution is -2.20. The molecule has 2 rings (SSSR count). The first-order valence-corrected chi connectivity index (χ1v) is 6.88. The summed E-state index contributed by atoms with van der Waals surface area (Å²) in [6.45, 7) is 2.07. The number of nitrogen functional groups attached to an aromatic ring is 1. The Labute approximate surface area is 124 Å². The number of nitrogens with one attached hydrogen (secondary N) is 1. The maximum atomic E-state index is 11.8. The first-order valence-electron chi connectivity index (χ1n) is 6.88. The Morgan fingerprint density at radius 2 is 1.95 bits per heavy atom. The molecule has 0 fully saturated rings. The zero-order valence-electron chi connectivity index (χ0n) is 12.3. The molecule has 1 unspecified atom stereocenters. The van der Waals surface area contributed by atoms with E-state index < -0.39 is 5.97 Å². The summed E-state index contributed by atoms with van der Waals surface area (Å²) in [7, 11) is 1.36. The zero-order chi connectivity index (χ0) is 15.2. The van der Waals surface area contributed by atoms with E-state index in [-0.39, 0.29) is 6.04 Å². The average molecular weight is 284 g/mol. The summed E-state index contributed by atoms with van der Waals surface area (Å²) in [5.41, 5.74) is 8.71. The summed E-state index contributed by atoms with van der Waals surface area (Å²) in [4.78, 5) is 11.8. The van der Waals surface area contributed by atoms with Crippen LogP contribution in [0.2, 0.25) is 0 Å². The van der Waals surface area contributed by atoms with E-state index >= 15 is 0 Å². The van der Waals surface area contributed by atoms with Gasteiger partial charge in [0.05, 0.1) is 12.7 Å². The van der Waals surface area contributed by atoms with Crippen molar-refractivity contribution in [1.29, 1.82) is 0 Å². The third kappa shape index (κ3) is 3.99. The van der Waals surface area contributed by atoms with Gasteiger partial charge in [-0.2, -0.15) is 0 Å². The fourth-order valence-corrected chi connectivity index (χ4v) is 2.25. The van der Waals surface area contributed by atoms with Crippen LogP contribution >= 0.6 is 0 Å². The predicted octanol–water partition coefficient (Wildman–Crippen LogP) is 3.10. The van der Waals surface area contributed by atoms with Crippen LogP contribution < -0.4 is 11.1 Å². The second-order valence-corrected chi connectivity index (χ2v) is 5.03. The van der Waals surface area contributed by atoms with Crippen molar-refractivity contribution < 1.29 is 9.53 Å². The number of nitrogens with two attached hydrogens (primary N) is 1. The van der Waals surface area contributed by atoms with Crippen LogP contribution in [0.5, 0.6) is 0 Å². The molecule has 0 aromatic heterocycles. The van der Waals surface area contributed by atoms with E-state index in [1.54, 1.807) is 12.1 Å². The highest BCUT2D eigenvalue weighted by Gasteiger charge is 2.14. The molecular formula is C17H20N2O2. The summed E-state index contributed by atoms with van der Waals surface area (Å²) in [5, 5.41) is 3.35. The van der Waals surface area contributed by atoms with Gasteiger partial charge in [0.2, 0.25) is 0 Å². The molecule has 0 aliphatic rings. The molecule has 1 atom stereocenters. The quantitative estimate of drug-likeness (QED) is 0.654. The number of ether oxygens (including phenoxy) is 1. The van der Waals surface area contributed by atoms with Crippen LogP contribution in [0.4, 0.5) is 11.4 Å². The summed E-state index contributed by atoms with van der Waals surface area (Å²) in [6.07, 6.45) is 0.867. The molecule has 0 aliphatic heterocycles. The van der Waals surface area contributed by atoms with E-state index in [4.69, 9.17) is 10.5 Å². The van der Waals surface area contributed by atoms with Crippen molar-refractivity contribution in [3.8, 4) is 0 Å². The molecule has 0 spiro atoms. The normalized spacial score (nSPS) is 11.7. The van der Waals surface area contributed by atoms with Crippen LogP contribution in [-0.2, 0) is 11.2 Å². The van der Waals surface area contributed by atoms with Gasteiger partial charge in [-0.1, -0.05) is 30.3 Å². The van der Waals surface area contributed by atoms with Gasteiger partial charge in [0, 0.05) is 17.4 Å². The second kappa shape index (κ2) is 6.79. The van der Waals surface area contributed by atoms with E-state index in [1.165, 1.54) is 12.7 Å². The average Bonchev–Trinajstić information content (AvgIpc) is 2.49. The zero-order valence-corrected chi connectivity index (χ0v) is 12.3. The van der Waals surface area contributed by atoms with Crippen molar-refractivity contribution in [1.82, 2.24) is 0 Å². The molecule has 0 radical (unpaired) electrons. The van der Waals surface area contributed by atoms with Gasteiger partial charge in [0.25, 0.3) is 0 Å². The number of methoxy groups -OCH3 is 1. The molecule has 4 nitrogen and oxygen atoms in total. The Balaban J connectivity index is 2.13. The summed E-state index contributed by atoms with van der Waals surface area (Å²) >= 11 is 0. The van der Waals surface area contributed by atoms with Gasteiger partial charge >= 0.3 is 5.97 Å². The number of hydrogen-bond donors (Lipinski definition) is 2. The lowest BCUT2D eigenvalue weighted by atomic mass is 10.1. The molecule has 0 saturated heterocycles. The van der Waals surface area contributed by atoms with E-state index in [0.717, 1.165) is 12.1 Å². The van der Waals surface area contributed by atoms with E-state index in [1.807, 2.05) is 24.3 Å². The van der Waals surface area contributed by atoms with E-state index in [0.29, 0.717) is 11.3 Å². The van der Waals surface area contributed by atoms with Crippen LogP contribution in [0.1, 0.15) is 22.8 Å². The van der Waals surface area contributed by atoms with Gasteiger partial charge in [-0.3, -0.25) is 0 Å². The van der Waals surface area contributed by atoms with Crippen molar-refractivity contribution in [2.24, 2.45) is 0 Å². The molecule has 2 aromatic rings. The second-order valence-electron chi connectivity index (χ2n) is 5.03. The SMILES string of the molecule is COC(=O)c1cc(N)ccc1NC(C)Cc1ccccc1. The summed E-state index contributed by atoms with van der Waals surface area (Å²) < 4.78 is 4.80. The molecular weight excluding hydrogens is 264 g/mol. The number of hydrogen-bond acceptors (Lipinski definition) is 4. The minimum Gasteiger partial charge on any atom is -0.465 e. The van der Waals surface area contributed by atoms with Crippen LogP contribution in [0, 0.1) is 0 Å². The fraction of sp³-hybridized carbons (Fsp3) is 0.235. The van der Waals surface area contributed by atoms with Gasteiger partial charge < -0.3 is 15.8 Å². The summed E-state index contributed by atoms with van der Waals surface area (Å²) in [6, 6.07) is 15.6. The van der Waals surface area contributed by atoms with Crippen molar-refractivity contribution in [3.63, 3.8) is 0 Å². The lowest BCUT2D eigenvalue weighted by molar-refractivity contribution is 0.0602. The molecule has 0 heterocycles.